The van der Waals surface area contributed by atoms with Crippen molar-refractivity contribution in [1.29, 1.82) is 0 Å². The van der Waals surface area contributed by atoms with Gasteiger partial charge in [0.05, 0.1) is 0 Å². The molecular formula is C16H20ClNO2. The molecule has 4 heteroatoms. The number of rotatable bonds is 4. The van der Waals surface area contributed by atoms with Crippen molar-refractivity contribution in [1.82, 2.24) is 5.32 Å². The second-order valence-corrected chi connectivity index (χ2v) is 6.65. The first kappa shape index (κ1) is 13.9. The summed E-state index contributed by atoms with van der Waals surface area (Å²) in [5.74, 6) is -0.199. The molecule has 1 aromatic rings. The highest BCUT2D eigenvalue weighted by atomic mass is 35.5. The number of amides is 1. The Morgan fingerprint density at radius 1 is 1.15 bits per heavy atom. The monoisotopic (exact) mass is 293 g/mol. The number of aliphatic hydroxyl groups is 1. The molecule has 0 unspecified atom stereocenters. The summed E-state index contributed by atoms with van der Waals surface area (Å²) < 4.78 is 0. The molecule has 2 saturated carbocycles. The maximum Gasteiger partial charge on any atom is 0.251 e. The maximum absolute atomic E-state index is 12.1. The SMILES string of the molecule is O=C(NCC1(c2ccc(Cl)cc2)CC1)C1(O)CCCC1. The van der Waals surface area contributed by atoms with Crippen molar-refractivity contribution < 1.29 is 9.90 Å². The molecule has 0 radical (unpaired) electrons. The molecule has 3 nitrogen and oxygen atoms in total. The molecule has 1 aromatic carbocycles. The molecule has 0 saturated heterocycles. The van der Waals surface area contributed by atoms with Crippen LogP contribution in [0.5, 0.6) is 0 Å². The van der Waals surface area contributed by atoms with Crippen LogP contribution in [0.4, 0.5) is 0 Å². The second kappa shape index (κ2) is 5.05. The number of carbonyl (C=O) groups excluding carboxylic acids is 1. The van der Waals surface area contributed by atoms with E-state index in [9.17, 15) is 9.90 Å². The third-order valence-corrected chi connectivity index (χ3v) is 5.00. The molecule has 0 aliphatic heterocycles. The predicted octanol–water partition coefficient (Wildman–Crippen LogP) is 2.79. The molecule has 2 aliphatic rings. The van der Waals surface area contributed by atoms with E-state index in [4.69, 9.17) is 11.6 Å². The minimum Gasteiger partial charge on any atom is -0.380 e. The molecule has 1 amide bonds. The number of hydrogen-bond acceptors (Lipinski definition) is 2. The van der Waals surface area contributed by atoms with Crippen molar-refractivity contribution in [3.8, 4) is 0 Å². The van der Waals surface area contributed by atoms with Gasteiger partial charge in [0, 0.05) is 17.0 Å². The summed E-state index contributed by atoms with van der Waals surface area (Å²) in [7, 11) is 0. The van der Waals surface area contributed by atoms with Crippen molar-refractivity contribution in [2.45, 2.75) is 49.5 Å². The average Bonchev–Trinajstić information content (AvgIpc) is 3.11. The van der Waals surface area contributed by atoms with E-state index in [0.29, 0.717) is 19.4 Å². The Balaban J connectivity index is 1.63. The Bertz CT molecular complexity index is 502. The van der Waals surface area contributed by atoms with Crippen LogP contribution in [-0.4, -0.2) is 23.2 Å². The molecule has 2 N–H and O–H groups in total. The van der Waals surface area contributed by atoms with E-state index in [1.807, 2.05) is 24.3 Å². The smallest absolute Gasteiger partial charge is 0.251 e. The highest BCUT2D eigenvalue weighted by Gasteiger charge is 2.46. The number of benzene rings is 1. The van der Waals surface area contributed by atoms with Crippen molar-refractivity contribution in [3.63, 3.8) is 0 Å². The molecular weight excluding hydrogens is 274 g/mol. The van der Waals surface area contributed by atoms with Crippen LogP contribution in [0.2, 0.25) is 5.02 Å². The first-order valence-electron chi connectivity index (χ1n) is 7.31. The molecule has 0 atom stereocenters. The third-order valence-electron chi connectivity index (χ3n) is 4.75. The minimum absolute atomic E-state index is 0.0508. The van der Waals surface area contributed by atoms with Gasteiger partial charge in [0.15, 0.2) is 0 Å². The Kier molecular flexibility index (Phi) is 3.51. The third kappa shape index (κ3) is 2.57. The maximum atomic E-state index is 12.1. The molecule has 20 heavy (non-hydrogen) atoms. The van der Waals surface area contributed by atoms with Gasteiger partial charge in [-0.05, 0) is 56.2 Å². The fourth-order valence-electron chi connectivity index (χ4n) is 3.12. The van der Waals surface area contributed by atoms with Crippen LogP contribution in [0.15, 0.2) is 24.3 Å². The van der Waals surface area contributed by atoms with Crippen LogP contribution in [0, 0.1) is 0 Å². The molecule has 2 aliphatic carbocycles. The summed E-state index contributed by atoms with van der Waals surface area (Å²) in [5.41, 5.74) is 0.145. The van der Waals surface area contributed by atoms with E-state index in [0.717, 1.165) is 30.7 Å². The van der Waals surface area contributed by atoms with Crippen LogP contribution in [0.1, 0.15) is 44.1 Å². The van der Waals surface area contributed by atoms with Crippen molar-refractivity contribution >= 4 is 17.5 Å². The molecule has 0 bridgehead atoms. The van der Waals surface area contributed by atoms with Crippen LogP contribution in [-0.2, 0) is 10.2 Å². The summed E-state index contributed by atoms with van der Waals surface area (Å²) in [4.78, 5) is 12.1. The summed E-state index contributed by atoms with van der Waals surface area (Å²) in [6.45, 7) is 0.607. The van der Waals surface area contributed by atoms with Gasteiger partial charge >= 0.3 is 0 Å². The van der Waals surface area contributed by atoms with Crippen molar-refractivity contribution in [2.75, 3.05) is 6.54 Å². The summed E-state index contributed by atoms with van der Waals surface area (Å²) >= 11 is 5.91. The van der Waals surface area contributed by atoms with Gasteiger partial charge in [0.2, 0.25) is 0 Å². The van der Waals surface area contributed by atoms with Crippen LogP contribution >= 0.6 is 11.6 Å². The largest absolute Gasteiger partial charge is 0.380 e. The zero-order chi connectivity index (χ0) is 14.2. The van der Waals surface area contributed by atoms with Crippen molar-refractivity contribution in [2.24, 2.45) is 0 Å². The van der Waals surface area contributed by atoms with E-state index in [1.54, 1.807) is 0 Å². The highest BCUT2D eigenvalue weighted by molar-refractivity contribution is 6.30. The summed E-state index contributed by atoms with van der Waals surface area (Å²) in [5, 5.41) is 13.9. The predicted molar refractivity (Wildman–Crippen MR) is 78.8 cm³/mol. The van der Waals surface area contributed by atoms with Crippen LogP contribution < -0.4 is 5.32 Å². The summed E-state index contributed by atoms with van der Waals surface area (Å²) in [6.07, 6.45) is 5.21. The van der Waals surface area contributed by atoms with E-state index in [1.165, 1.54) is 5.56 Å². The molecule has 3 rings (SSSR count). The van der Waals surface area contributed by atoms with Gasteiger partial charge in [-0.2, -0.15) is 0 Å². The standard InChI is InChI=1S/C16H20ClNO2/c17-13-5-3-12(4-6-13)15(9-10-15)11-18-14(19)16(20)7-1-2-8-16/h3-6,20H,1-2,7-11H2,(H,18,19). The lowest BCUT2D eigenvalue weighted by atomic mass is 9.95. The van der Waals surface area contributed by atoms with Gasteiger partial charge in [0.1, 0.15) is 5.60 Å². The van der Waals surface area contributed by atoms with Gasteiger partial charge < -0.3 is 10.4 Å². The normalized spacial score (nSPS) is 22.5. The van der Waals surface area contributed by atoms with Crippen LogP contribution in [0.3, 0.4) is 0 Å². The lowest BCUT2D eigenvalue weighted by Gasteiger charge is -2.23. The number of nitrogens with one attached hydrogen (secondary N) is 1. The minimum atomic E-state index is -1.13. The Labute approximate surface area is 124 Å². The zero-order valence-electron chi connectivity index (χ0n) is 11.5. The Hall–Kier alpha value is -1.06. The fraction of sp³-hybridized carbons (Fsp3) is 0.562. The molecule has 0 heterocycles. The van der Waals surface area contributed by atoms with Crippen molar-refractivity contribution in [3.05, 3.63) is 34.9 Å². The molecule has 0 spiro atoms. The van der Waals surface area contributed by atoms with E-state index in [-0.39, 0.29) is 11.3 Å². The molecule has 0 aromatic heterocycles. The van der Waals surface area contributed by atoms with Gasteiger partial charge in [-0.1, -0.05) is 23.7 Å². The first-order valence-corrected chi connectivity index (χ1v) is 7.69. The number of halogens is 1. The Morgan fingerprint density at radius 3 is 2.30 bits per heavy atom. The second-order valence-electron chi connectivity index (χ2n) is 6.21. The number of carbonyl (C=O) groups is 1. The zero-order valence-corrected chi connectivity index (χ0v) is 12.2. The first-order chi connectivity index (χ1) is 9.54. The van der Waals surface area contributed by atoms with E-state index < -0.39 is 5.60 Å². The van der Waals surface area contributed by atoms with Gasteiger partial charge in [-0.3, -0.25) is 4.79 Å². The van der Waals surface area contributed by atoms with Crippen LogP contribution in [0.25, 0.3) is 0 Å². The number of hydrogen-bond donors (Lipinski definition) is 2. The fourth-order valence-corrected chi connectivity index (χ4v) is 3.25. The summed E-state index contributed by atoms with van der Waals surface area (Å²) in [6, 6.07) is 7.85. The van der Waals surface area contributed by atoms with Gasteiger partial charge in [-0.15, -0.1) is 0 Å². The topological polar surface area (TPSA) is 49.3 Å². The van der Waals surface area contributed by atoms with Gasteiger partial charge in [-0.25, -0.2) is 0 Å². The average molecular weight is 294 g/mol. The quantitative estimate of drug-likeness (QED) is 0.897. The lowest BCUT2D eigenvalue weighted by molar-refractivity contribution is -0.139. The molecule has 108 valence electrons. The van der Waals surface area contributed by atoms with E-state index in [2.05, 4.69) is 5.32 Å². The van der Waals surface area contributed by atoms with E-state index >= 15 is 0 Å². The Morgan fingerprint density at radius 2 is 1.75 bits per heavy atom. The lowest BCUT2D eigenvalue weighted by Crippen LogP contribution is -2.47. The van der Waals surface area contributed by atoms with Gasteiger partial charge in [0.25, 0.3) is 5.91 Å². The highest BCUT2D eigenvalue weighted by Crippen LogP contribution is 2.48. The molecule has 2 fully saturated rings.